The number of imidazole rings is 1. The zero-order chi connectivity index (χ0) is 14.8. The molecule has 6 heteroatoms. The van der Waals surface area contributed by atoms with E-state index in [-0.39, 0.29) is 11.8 Å². The van der Waals surface area contributed by atoms with Crippen molar-refractivity contribution in [1.82, 2.24) is 20.6 Å². The minimum atomic E-state index is -0.132. The van der Waals surface area contributed by atoms with Gasteiger partial charge in [-0.3, -0.25) is 9.59 Å². The molecule has 0 unspecified atom stereocenters. The zero-order valence-corrected chi connectivity index (χ0v) is 11.7. The first kappa shape index (κ1) is 13.4. The number of nitrogens with zero attached hydrogens (tertiary/aromatic N) is 1. The average molecular weight is 284 g/mol. The second kappa shape index (κ2) is 5.40. The molecule has 0 atom stereocenters. The highest BCUT2D eigenvalue weighted by molar-refractivity contribution is 5.95. The van der Waals surface area contributed by atoms with E-state index in [9.17, 15) is 9.59 Å². The van der Waals surface area contributed by atoms with E-state index in [2.05, 4.69) is 20.6 Å². The van der Waals surface area contributed by atoms with Crippen LogP contribution in [0.15, 0.2) is 24.3 Å². The van der Waals surface area contributed by atoms with Gasteiger partial charge in [-0.05, 0) is 25.0 Å². The number of aromatic nitrogens is 2. The van der Waals surface area contributed by atoms with Crippen LogP contribution in [0, 0.1) is 0 Å². The zero-order valence-electron chi connectivity index (χ0n) is 11.7. The smallest absolute Gasteiger partial charge is 0.271 e. The van der Waals surface area contributed by atoms with Crippen molar-refractivity contribution in [3.8, 4) is 11.4 Å². The predicted octanol–water partition coefficient (Wildman–Crippen LogP) is 1.11. The molecule has 0 spiro atoms. The maximum atomic E-state index is 11.9. The van der Waals surface area contributed by atoms with E-state index in [0.29, 0.717) is 23.6 Å². The summed E-state index contributed by atoms with van der Waals surface area (Å²) >= 11 is 0. The minimum absolute atomic E-state index is 0.129. The van der Waals surface area contributed by atoms with Gasteiger partial charge in [-0.1, -0.05) is 12.1 Å². The molecule has 1 aliphatic heterocycles. The number of fused-ring (bicyclic) bond motifs is 1. The van der Waals surface area contributed by atoms with Crippen molar-refractivity contribution in [2.45, 2.75) is 12.8 Å². The fourth-order valence-electron chi connectivity index (χ4n) is 2.39. The number of H-pyrrole nitrogens is 1. The lowest BCUT2D eigenvalue weighted by Gasteiger charge is -2.01. The number of rotatable bonds is 2. The highest BCUT2D eigenvalue weighted by Crippen LogP contribution is 2.21. The third-order valence-electron chi connectivity index (χ3n) is 3.53. The number of nitrogens with one attached hydrogen (secondary N) is 3. The lowest BCUT2D eigenvalue weighted by molar-refractivity contribution is 0.0947. The molecule has 1 aromatic carbocycles. The van der Waals surface area contributed by atoms with Crippen LogP contribution in [0.5, 0.6) is 0 Å². The minimum Gasteiger partial charge on any atom is -0.355 e. The molecule has 0 saturated heterocycles. The van der Waals surface area contributed by atoms with Crippen LogP contribution in [0.25, 0.3) is 11.4 Å². The molecule has 0 radical (unpaired) electrons. The fourth-order valence-corrected chi connectivity index (χ4v) is 2.39. The van der Waals surface area contributed by atoms with Crippen LogP contribution >= 0.6 is 0 Å². The quantitative estimate of drug-likeness (QED) is 0.772. The molecule has 108 valence electrons. The van der Waals surface area contributed by atoms with Gasteiger partial charge in [-0.15, -0.1) is 0 Å². The molecule has 2 heterocycles. The Morgan fingerprint density at radius 1 is 1.29 bits per heavy atom. The van der Waals surface area contributed by atoms with E-state index >= 15 is 0 Å². The summed E-state index contributed by atoms with van der Waals surface area (Å²) < 4.78 is 0. The van der Waals surface area contributed by atoms with Crippen molar-refractivity contribution < 1.29 is 9.59 Å². The number of benzene rings is 1. The van der Waals surface area contributed by atoms with Crippen LogP contribution in [0.4, 0.5) is 0 Å². The molecule has 3 N–H and O–H groups in total. The van der Waals surface area contributed by atoms with E-state index < -0.39 is 0 Å². The summed E-state index contributed by atoms with van der Waals surface area (Å²) in [6, 6.07) is 7.12. The average Bonchev–Trinajstić information content (AvgIpc) is 2.87. The Morgan fingerprint density at radius 2 is 2.05 bits per heavy atom. The number of aryl methyl sites for hydroxylation is 1. The topological polar surface area (TPSA) is 86.9 Å². The molecule has 2 aromatic rings. The molecule has 0 fully saturated rings. The molecule has 0 bridgehead atoms. The molecule has 3 rings (SSSR count). The number of amides is 2. The number of hydrogen-bond donors (Lipinski definition) is 3. The number of aromatic amines is 1. The molecule has 6 nitrogen and oxygen atoms in total. The summed E-state index contributed by atoms with van der Waals surface area (Å²) in [6.07, 6.45) is 1.70. The van der Waals surface area contributed by atoms with Gasteiger partial charge in [0.15, 0.2) is 0 Å². The molecule has 2 amide bonds. The van der Waals surface area contributed by atoms with E-state index in [0.717, 1.165) is 24.1 Å². The van der Waals surface area contributed by atoms with Crippen LogP contribution in [0.3, 0.4) is 0 Å². The number of hydrogen-bond acceptors (Lipinski definition) is 3. The largest absolute Gasteiger partial charge is 0.355 e. The first-order chi connectivity index (χ1) is 10.2. The van der Waals surface area contributed by atoms with E-state index in [1.165, 1.54) is 0 Å². The van der Waals surface area contributed by atoms with Gasteiger partial charge in [0, 0.05) is 30.4 Å². The first-order valence-corrected chi connectivity index (χ1v) is 6.88. The lowest BCUT2D eigenvalue weighted by atomic mass is 10.1. The summed E-state index contributed by atoms with van der Waals surface area (Å²) in [5.74, 6) is 0.392. The van der Waals surface area contributed by atoms with Crippen molar-refractivity contribution in [3.05, 3.63) is 41.2 Å². The predicted molar refractivity (Wildman–Crippen MR) is 78.1 cm³/mol. The van der Waals surface area contributed by atoms with Gasteiger partial charge in [-0.2, -0.15) is 0 Å². The Hall–Kier alpha value is -2.63. The monoisotopic (exact) mass is 284 g/mol. The van der Waals surface area contributed by atoms with Crippen molar-refractivity contribution >= 4 is 11.8 Å². The van der Waals surface area contributed by atoms with Gasteiger partial charge < -0.3 is 15.6 Å². The molecule has 21 heavy (non-hydrogen) atoms. The maximum Gasteiger partial charge on any atom is 0.271 e. The standard InChI is InChI=1S/C15H16N4O2/c1-16-14(20)10-6-4-9(5-7-10)13-18-11-3-2-8-17-15(21)12(11)19-13/h4-7H,2-3,8H2,1H3,(H,16,20)(H,17,21)(H,18,19). The fraction of sp³-hybridized carbons (Fsp3) is 0.267. The van der Waals surface area contributed by atoms with Crippen LogP contribution in [-0.4, -0.2) is 35.4 Å². The van der Waals surface area contributed by atoms with Gasteiger partial charge in [0.25, 0.3) is 11.8 Å². The van der Waals surface area contributed by atoms with Crippen molar-refractivity contribution in [1.29, 1.82) is 0 Å². The Bertz CT molecular complexity index is 688. The van der Waals surface area contributed by atoms with Gasteiger partial charge >= 0.3 is 0 Å². The normalized spacial score (nSPS) is 14.0. The highest BCUT2D eigenvalue weighted by Gasteiger charge is 2.20. The van der Waals surface area contributed by atoms with E-state index in [1.807, 2.05) is 12.1 Å². The Kier molecular flexibility index (Phi) is 3.43. The summed E-state index contributed by atoms with van der Waals surface area (Å²) in [4.78, 5) is 31.0. The van der Waals surface area contributed by atoms with Gasteiger partial charge in [0.1, 0.15) is 11.5 Å². The molecular weight excluding hydrogens is 268 g/mol. The summed E-state index contributed by atoms with van der Waals surface area (Å²) in [6.45, 7) is 0.680. The molecular formula is C15H16N4O2. The Balaban J connectivity index is 1.92. The highest BCUT2D eigenvalue weighted by atomic mass is 16.2. The molecule has 0 aliphatic carbocycles. The Morgan fingerprint density at radius 3 is 2.76 bits per heavy atom. The van der Waals surface area contributed by atoms with Gasteiger partial charge in [0.2, 0.25) is 0 Å². The van der Waals surface area contributed by atoms with E-state index in [1.54, 1.807) is 19.2 Å². The number of carbonyl (C=O) groups excluding carboxylic acids is 2. The lowest BCUT2D eigenvalue weighted by Crippen LogP contribution is -2.23. The van der Waals surface area contributed by atoms with Crippen LogP contribution < -0.4 is 10.6 Å². The summed E-state index contributed by atoms with van der Waals surface area (Å²) in [7, 11) is 1.60. The first-order valence-electron chi connectivity index (χ1n) is 6.88. The second-order valence-corrected chi connectivity index (χ2v) is 4.93. The van der Waals surface area contributed by atoms with E-state index in [4.69, 9.17) is 0 Å². The SMILES string of the molecule is CNC(=O)c1ccc(-c2nc3c([nH]2)CCCNC3=O)cc1. The van der Waals surface area contributed by atoms with Crippen molar-refractivity contribution in [2.24, 2.45) is 0 Å². The summed E-state index contributed by atoms with van der Waals surface area (Å²) in [5.41, 5.74) is 2.78. The maximum absolute atomic E-state index is 11.9. The molecule has 1 aliphatic rings. The third kappa shape index (κ3) is 2.52. The molecule has 0 saturated carbocycles. The van der Waals surface area contributed by atoms with Gasteiger partial charge in [-0.25, -0.2) is 4.98 Å². The summed E-state index contributed by atoms with van der Waals surface area (Å²) in [5, 5.41) is 5.40. The van der Waals surface area contributed by atoms with Crippen LogP contribution in [0.1, 0.15) is 33.0 Å². The van der Waals surface area contributed by atoms with Gasteiger partial charge in [0.05, 0.1) is 0 Å². The molecule has 1 aromatic heterocycles. The van der Waals surface area contributed by atoms with Crippen LogP contribution in [0.2, 0.25) is 0 Å². The van der Waals surface area contributed by atoms with Crippen molar-refractivity contribution in [2.75, 3.05) is 13.6 Å². The second-order valence-electron chi connectivity index (χ2n) is 4.93. The van der Waals surface area contributed by atoms with Crippen LogP contribution in [-0.2, 0) is 6.42 Å². The number of carbonyl (C=O) groups is 2. The third-order valence-corrected chi connectivity index (χ3v) is 3.53. The Labute approximate surface area is 122 Å². The van der Waals surface area contributed by atoms with Crippen molar-refractivity contribution in [3.63, 3.8) is 0 Å².